The van der Waals surface area contributed by atoms with Crippen LogP contribution in [-0.2, 0) is 9.59 Å². The van der Waals surface area contributed by atoms with E-state index in [-0.39, 0.29) is 5.91 Å². The van der Waals surface area contributed by atoms with Crippen molar-refractivity contribution < 1.29 is 19.4 Å². The van der Waals surface area contributed by atoms with E-state index in [2.05, 4.69) is 5.32 Å². The van der Waals surface area contributed by atoms with Crippen molar-refractivity contribution in [3.05, 3.63) is 29.3 Å². The van der Waals surface area contributed by atoms with E-state index in [9.17, 15) is 9.59 Å². The summed E-state index contributed by atoms with van der Waals surface area (Å²) < 4.78 is 5.51. The molecule has 1 amide bonds. The molecule has 0 aromatic heterocycles. The average Bonchev–Trinajstić information content (AvgIpc) is 2.42. The summed E-state index contributed by atoms with van der Waals surface area (Å²) in [6.07, 6.45) is 0.389. The molecule has 0 saturated heterocycles. The summed E-state index contributed by atoms with van der Waals surface area (Å²) in [6, 6.07) is 6.28. The van der Waals surface area contributed by atoms with Crippen molar-refractivity contribution >= 4 is 35.2 Å². The average molecular weight is 332 g/mol. The lowest BCUT2D eigenvalue weighted by atomic mass is 10.2. The maximum absolute atomic E-state index is 10.9. The van der Waals surface area contributed by atoms with E-state index >= 15 is 0 Å². The molecule has 0 fully saturated rings. The molecule has 21 heavy (non-hydrogen) atoms. The number of carbonyl (C=O) groups is 2. The number of halogens is 1. The maximum Gasteiger partial charge on any atom is 0.326 e. The number of carboxylic acid groups (broad SMARTS) is 1. The molecule has 1 aromatic carbocycles. The summed E-state index contributed by atoms with van der Waals surface area (Å²) in [6.45, 7) is 1.84. The first-order chi connectivity index (χ1) is 9.99. The highest BCUT2D eigenvalue weighted by Crippen LogP contribution is 2.16. The highest BCUT2D eigenvalue weighted by molar-refractivity contribution is 7.99. The fourth-order valence-corrected chi connectivity index (χ4v) is 2.49. The molecule has 1 unspecified atom stereocenters. The first-order valence-electron chi connectivity index (χ1n) is 6.45. The van der Waals surface area contributed by atoms with Crippen molar-refractivity contribution in [3.8, 4) is 5.75 Å². The molecule has 0 aliphatic carbocycles. The second kappa shape index (κ2) is 9.52. The first-order valence-corrected chi connectivity index (χ1v) is 7.98. The molecule has 0 aliphatic heterocycles. The molecule has 2 N–H and O–H groups in total. The molecule has 1 rings (SSSR count). The minimum Gasteiger partial charge on any atom is -0.493 e. The van der Waals surface area contributed by atoms with Gasteiger partial charge in [0.05, 0.1) is 6.61 Å². The van der Waals surface area contributed by atoms with Gasteiger partial charge in [0.25, 0.3) is 0 Å². The summed E-state index contributed by atoms with van der Waals surface area (Å²) in [7, 11) is 0. The topological polar surface area (TPSA) is 75.6 Å². The lowest BCUT2D eigenvalue weighted by molar-refractivity contribution is -0.141. The Morgan fingerprint density at radius 2 is 2.00 bits per heavy atom. The smallest absolute Gasteiger partial charge is 0.326 e. The molecule has 5 nitrogen and oxygen atoms in total. The summed E-state index contributed by atoms with van der Waals surface area (Å²) in [5, 5.41) is 12.0. The van der Waals surface area contributed by atoms with Gasteiger partial charge in [-0.05, 0) is 36.4 Å². The molecule has 0 bridgehead atoms. The van der Waals surface area contributed by atoms with Gasteiger partial charge < -0.3 is 15.2 Å². The quantitative estimate of drug-likeness (QED) is 0.680. The number of benzene rings is 1. The molecular weight excluding hydrogens is 314 g/mol. The van der Waals surface area contributed by atoms with Gasteiger partial charge in [0, 0.05) is 17.7 Å². The van der Waals surface area contributed by atoms with Gasteiger partial charge in [-0.1, -0.05) is 11.6 Å². The number of nitrogens with one attached hydrogen (secondary N) is 1. The van der Waals surface area contributed by atoms with Crippen molar-refractivity contribution in [1.29, 1.82) is 0 Å². The van der Waals surface area contributed by atoms with E-state index in [1.54, 1.807) is 36.0 Å². The third kappa shape index (κ3) is 7.82. The van der Waals surface area contributed by atoms with Gasteiger partial charge in [-0.15, -0.1) is 0 Å². The van der Waals surface area contributed by atoms with E-state index in [0.717, 1.165) is 11.5 Å². The zero-order valence-corrected chi connectivity index (χ0v) is 13.2. The third-order valence-electron chi connectivity index (χ3n) is 2.54. The van der Waals surface area contributed by atoms with Gasteiger partial charge in [0.1, 0.15) is 11.8 Å². The van der Waals surface area contributed by atoms with Gasteiger partial charge >= 0.3 is 5.97 Å². The monoisotopic (exact) mass is 331 g/mol. The van der Waals surface area contributed by atoms with E-state index in [1.165, 1.54) is 6.92 Å². The number of carbonyl (C=O) groups excluding carboxylic acids is 1. The van der Waals surface area contributed by atoms with E-state index in [4.69, 9.17) is 21.4 Å². The number of rotatable bonds is 9. The minimum atomic E-state index is -1.01. The molecule has 0 spiro atoms. The largest absolute Gasteiger partial charge is 0.493 e. The Labute approximate surface area is 133 Å². The summed E-state index contributed by atoms with van der Waals surface area (Å²) >= 11 is 7.35. The predicted octanol–water partition coefficient (Wildman–Crippen LogP) is 2.43. The number of hydrogen-bond donors (Lipinski definition) is 2. The fourth-order valence-electron chi connectivity index (χ4n) is 1.56. The highest BCUT2D eigenvalue weighted by Gasteiger charge is 2.17. The Balaban J connectivity index is 2.14. The number of carboxylic acids is 1. The van der Waals surface area contributed by atoms with Gasteiger partial charge in [0.15, 0.2) is 0 Å². The normalized spacial score (nSPS) is 11.7. The van der Waals surface area contributed by atoms with Crippen LogP contribution in [0, 0.1) is 0 Å². The van der Waals surface area contributed by atoms with Crippen LogP contribution >= 0.6 is 23.4 Å². The Hall–Kier alpha value is -1.40. The fraction of sp³-hybridized carbons (Fsp3) is 0.429. The van der Waals surface area contributed by atoms with Gasteiger partial charge in [-0.25, -0.2) is 4.79 Å². The van der Waals surface area contributed by atoms with Crippen molar-refractivity contribution in [2.75, 3.05) is 18.1 Å². The lowest BCUT2D eigenvalue weighted by Gasteiger charge is -2.12. The molecule has 1 aromatic rings. The van der Waals surface area contributed by atoms with Crippen molar-refractivity contribution in [2.45, 2.75) is 19.4 Å². The van der Waals surface area contributed by atoms with Crippen molar-refractivity contribution in [1.82, 2.24) is 5.32 Å². The van der Waals surface area contributed by atoms with Crippen molar-refractivity contribution in [3.63, 3.8) is 0 Å². The number of hydrogen-bond acceptors (Lipinski definition) is 4. The molecule has 116 valence electrons. The Morgan fingerprint density at radius 1 is 1.33 bits per heavy atom. The van der Waals surface area contributed by atoms with Crippen LogP contribution in [-0.4, -0.2) is 41.1 Å². The van der Waals surface area contributed by atoms with E-state index in [0.29, 0.717) is 23.8 Å². The number of aliphatic carboxylic acids is 1. The lowest BCUT2D eigenvalue weighted by Crippen LogP contribution is -2.39. The van der Waals surface area contributed by atoms with Crippen LogP contribution in [0.2, 0.25) is 5.02 Å². The summed E-state index contributed by atoms with van der Waals surface area (Å²) in [5.41, 5.74) is 0. The second-order valence-corrected chi connectivity index (χ2v) is 5.96. The molecule has 0 saturated carbocycles. The molecular formula is C14H18ClNO4S. The van der Waals surface area contributed by atoms with Crippen LogP contribution in [0.1, 0.15) is 13.3 Å². The maximum atomic E-state index is 10.9. The zero-order valence-electron chi connectivity index (χ0n) is 11.7. The molecule has 7 heteroatoms. The van der Waals surface area contributed by atoms with Crippen LogP contribution in [0.3, 0.4) is 0 Å². The van der Waals surface area contributed by atoms with Crippen LogP contribution in [0.4, 0.5) is 0 Å². The Kier molecular flexibility index (Phi) is 8.00. The predicted molar refractivity (Wildman–Crippen MR) is 84.1 cm³/mol. The van der Waals surface area contributed by atoms with Crippen molar-refractivity contribution in [2.24, 2.45) is 0 Å². The highest BCUT2D eigenvalue weighted by atomic mass is 35.5. The van der Waals surface area contributed by atoms with E-state index < -0.39 is 12.0 Å². The van der Waals surface area contributed by atoms with Gasteiger partial charge in [-0.3, -0.25) is 4.79 Å². The number of ether oxygens (including phenoxy) is 1. The minimum absolute atomic E-state index is 0.335. The van der Waals surface area contributed by atoms with Gasteiger partial charge in [-0.2, -0.15) is 11.8 Å². The van der Waals surface area contributed by atoms with Crippen LogP contribution in [0.15, 0.2) is 24.3 Å². The molecule has 0 radical (unpaired) electrons. The number of amides is 1. The number of thioether (sulfide) groups is 1. The summed E-state index contributed by atoms with van der Waals surface area (Å²) in [4.78, 5) is 21.8. The van der Waals surface area contributed by atoms with E-state index in [1.807, 2.05) is 0 Å². The molecule has 0 aliphatic rings. The zero-order chi connectivity index (χ0) is 15.7. The van der Waals surface area contributed by atoms with Crippen LogP contribution in [0.25, 0.3) is 0 Å². The SMILES string of the molecule is CC(=O)NC(CCSCCOc1ccc(Cl)cc1)C(=O)O. The Morgan fingerprint density at radius 3 is 2.57 bits per heavy atom. The van der Waals surface area contributed by atoms with Crippen LogP contribution < -0.4 is 10.1 Å². The van der Waals surface area contributed by atoms with Crippen LogP contribution in [0.5, 0.6) is 5.75 Å². The van der Waals surface area contributed by atoms with Gasteiger partial charge in [0.2, 0.25) is 5.91 Å². The Bertz CT molecular complexity index is 467. The summed E-state index contributed by atoms with van der Waals surface area (Å²) in [5.74, 6) is 0.791. The molecule has 1 atom stereocenters. The third-order valence-corrected chi connectivity index (χ3v) is 3.77. The molecule has 0 heterocycles. The second-order valence-electron chi connectivity index (χ2n) is 4.29. The first kappa shape index (κ1) is 17.7. The standard InChI is InChI=1S/C14H18ClNO4S/c1-10(17)16-13(14(18)19)6-8-21-9-7-20-12-4-2-11(15)3-5-12/h2-5,13H,6-9H2,1H3,(H,16,17)(H,18,19).